The predicted octanol–water partition coefficient (Wildman–Crippen LogP) is 5.44. The first-order chi connectivity index (χ1) is 18.1. The van der Waals surface area contributed by atoms with E-state index in [1.165, 1.54) is 16.7 Å². The monoisotopic (exact) mass is 526 g/mol. The van der Waals surface area contributed by atoms with E-state index in [0.29, 0.717) is 29.9 Å². The van der Waals surface area contributed by atoms with Crippen LogP contribution in [0.5, 0.6) is 0 Å². The molecule has 0 amide bonds. The van der Waals surface area contributed by atoms with Gasteiger partial charge >= 0.3 is 11.9 Å². The van der Waals surface area contributed by atoms with Gasteiger partial charge in [-0.15, -0.1) is 0 Å². The van der Waals surface area contributed by atoms with Gasteiger partial charge in [0.05, 0.1) is 11.1 Å². The summed E-state index contributed by atoms with van der Waals surface area (Å²) in [5.41, 5.74) is 1.21. The number of fused-ring (bicyclic) bond motifs is 1. The van der Waals surface area contributed by atoms with Gasteiger partial charge in [0, 0.05) is 38.3 Å². The molecule has 1 unspecified atom stereocenters. The molecule has 0 bridgehead atoms. The number of benzene rings is 1. The largest absolute Gasteiger partial charge is 0.416 e. The third kappa shape index (κ3) is 5.25. The molecular weight excluding hydrogens is 493 g/mol. The van der Waals surface area contributed by atoms with E-state index in [-0.39, 0.29) is 23.8 Å². The van der Waals surface area contributed by atoms with Crippen LogP contribution in [0.1, 0.15) is 69.3 Å². The van der Waals surface area contributed by atoms with Crippen molar-refractivity contribution < 1.29 is 13.2 Å². The number of pyridine rings is 1. The molecule has 1 aromatic carbocycles. The van der Waals surface area contributed by atoms with Crippen LogP contribution in [0, 0.1) is 11.3 Å². The summed E-state index contributed by atoms with van der Waals surface area (Å²) in [6, 6.07) is 11.0. The minimum Gasteiger partial charge on any atom is -0.349 e. The van der Waals surface area contributed by atoms with E-state index in [0.717, 1.165) is 31.2 Å². The van der Waals surface area contributed by atoms with Gasteiger partial charge in [0.25, 0.3) is 0 Å². The smallest absolute Gasteiger partial charge is 0.349 e. The van der Waals surface area contributed by atoms with Gasteiger partial charge in [0.15, 0.2) is 5.82 Å². The standard InChI is InChI=1S/C28H33F3N6O/c1-5-8-23(18-9-11-19(12-10-18)28(29,30)31)36-16-22(7-3)37(17-21(36)6-2)26-25-24(35(4)27(38)34-26)14-13-20(15-32)33-25/h9-14,21-23H,5-8,16-17H2,1-4H3/t21-,22+,23?/m1/s1. The number of alkyl halides is 3. The molecule has 4 rings (SSSR count). The molecule has 1 aliphatic rings. The van der Waals surface area contributed by atoms with Crippen LogP contribution in [0.4, 0.5) is 19.0 Å². The van der Waals surface area contributed by atoms with E-state index in [4.69, 9.17) is 0 Å². The van der Waals surface area contributed by atoms with Gasteiger partial charge in [0.2, 0.25) is 0 Å². The molecule has 1 aliphatic heterocycles. The number of anilines is 1. The Morgan fingerprint density at radius 1 is 1.03 bits per heavy atom. The van der Waals surface area contributed by atoms with Gasteiger partial charge in [-0.1, -0.05) is 39.3 Å². The Labute approximate surface area is 220 Å². The molecule has 10 heteroatoms. The van der Waals surface area contributed by atoms with Crippen molar-refractivity contribution >= 4 is 16.9 Å². The number of piperazine rings is 1. The van der Waals surface area contributed by atoms with Crippen molar-refractivity contribution in [3.8, 4) is 6.07 Å². The van der Waals surface area contributed by atoms with Gasteiger partial charge in [0.1, 0.15) is 17.3 Å². The molecule has 38 heavy (non-hydrogen) atoms. The number of hydrogen-bond donors (Lipinski definition) is 0. The highest BCUT2D eigenvalue weighted by atomic mass is 19.4. The van der Waals surface area contributed by atoms with E-state index in [2.05, 4.69) is 46.6 Å². The Bertz CT molecular complexity index is 1380. The number of rotatable bonds is 7. The lowest BCUT2D eigenvalue weighted by Gasteiger charge is -2.50. The highest BCUT2D eigenvalue weighted by Gasteiger charge is 2.38. The Morgan fingerprint density at radius 2 is 1.71 bits per heavy atom. The van der Waals surface area contributed by atoms with Gasteiger partial charge < -0.3 is 4.90 Å². The first-order valence-electron chi connectivity index (χ1n) is 13.1. The molecule has 0 saturated carbocycles. The van der Waals surface area contributed by atoms with Crippen molar-refractivity contribution in [3.05, 3.63) is 63.7 Å². The summed E-state index contributed by atoms with van der Waals surface area (Å²) in [6.07, 6.45) is -1.08. The maximum absolute atomic E-state index is 13.2. The number of aromatic nitrogens is 3. The van der Waals surface area contributed by atoms with Gasteiger partial charge in [-0.25, -0.2) is 9.78 Å². The zero-order valence-electron chi connectivity index (χ0n) is 22.2. The number of nitrogens with zero attached hydrogens (tertiary/aromatic N) is 6. The SMILES string of the molecule is CCCC(c1ccc(C(F)(F)F)cc1)N1C[C@H](CC)N(c2nc(=O)n(C)c3ccc(C#N)nc23)C[C@H]1CC. The van der Waals surface area contributed by atoms with Crippen LogP contribution < -0.4 is 10.6 Å². The lowest BCUT2D eigenvalue weighted by Crippen LogP contribution is -2.59. The fraction of sp³-hybridized carbons (Fsp3) is 0.500. The average Bonchev–Trinajstić information content (AvgIpc) is 2.92. The second kappa shape index (κ2) is 11.1. The lowest BCUT2D eigenvalue weighted by molar-refractivity contribution is -0.137. The molecule has 1 fully saturated rings. The third-order valence-electron chi connectivity index (χ3n) is 7.59. The van der Waals surface area contributed by atoms with Crippen molar-refractivity contribution in [3.63, 3.8) is 0 Å². The van der Waals surface area contributed by atoms with Crippen LogP contribution in [0.15, 0.2) is 41.2 Å². The molecule has 1 saturated heterocycles. The van der Waals surface area contributed by atoms with Crippen molar-refractivity contribution in [2.75, 3.05) is 18.0 Å². The zero-order chi connectivity index (χ0) is 27.6. The molecule has 3 aromatic rings. The van der Waals surface area contributed by atoms with E-state index in [1.807, 2.05) is 0 Å². The van der Waals surface area contributed by atoms with Crippen LogP contribution >= 0.6 is 0 Å². The van der Waals surface area contributed by atoms with Gasteiger partial charge in [-0.3, -0.25) is 9.47 Å². The number of nitriles is 1. The van der Waals surface area contributed by atoms with Crippen LogP contribution in [-0.4, -0.2) is 44.6 Å². The molecule has 0 spiro atoms. The molecular formula is C28H33F3N6O. The number of aryl methyl sites for hydroxylation is 1. The van der Waals surface area contributed by atoms with Crippen LogP contribution in [-0.2, 0) is 13.2 Å². The fourth-order valence-corrected chi connectivity index (χ4v) is 5.49. The summed E-state index contributed by atoms with van der Waals surface area (Å²) < 4.78 is 41.0. The number of halogens is 3. The minimum absolute atomic E-state index is 0.00181. The predicted molar refractivity (Wildman–Crippen MR) is 141 cm³/mol. The van der Waals surface area contributed by atoms with Crippen LogP contribution in [0.2, 0.25) is 0 Å². The first-order valence-corrected chi connectivity index (χ1v) is 13.1. The Balaban J connectivity index is 1.74. The third-order valence-corrected chi connectivity index (χ3v) is 7.59. The number of hydrogen-bond acceptors (Lipinski definition) is 6. The maximum atomic E-state index is 13.2. The van der Waals surface area contributed by atoms with Crippen molar-refractivity contribution in [2.24, 2.45) is 7.05 Å². The highest BCUT2D eigenvalue weighted by molar-refractivity contribution is 5.86. The normalized spacial score (nSPS) is 19.5. The Hall–Kier alpha value is -3.45. The molecule has 0 aliphatic carbocycles. The first kappa shape index (κ1) is 27.6. The van der Waals surface area contributed by atoms with Crippen molar-refractivity contribution in [2.45, 2.75) is 70.8 Å². The summed E-state index contributed by atoms with van der Waals surface area (Å²) in [4.78, 5) is 26.2. The quantitative estimate of drug-likeness (QED) is 0.408. The van der Waals surface area contributed by atoms with Crippen molar-refractivity contribution in [1.82, 2.24) is 19.4 Å². The summed E-state index contributed by atoms with van der Waals surface area (Å²) >= 11 is 0. The molecule has 3 heterocycles. The zero-order valence-corrected chi connectivity index (χ0v) is 22.2. The second-order valence-corrected chi connectivity index (χ2v) is 9.85. The molecule has 2 aromatic heterocycles. The average molecular weight is 527 g/mol. The lowest BCUT2D eigenvalue weighted by atomic mass is 9.93. The summed E-state index contributed by atoms with van der Waals surface area (Å²) in [7, 11) is 1.64. The van der Waals surface area contributed by atoms with E-state index in [9.17, 15) is 23.2 Å². The van der Waals surface area contributed by atoms with Gasteiger partial charge in [-0.2, -0.15) is 23.4 Å². The second-order valence-electron chi connectivity index (χ2n) is 9.85. The van der Waals surface area contributed by atoms with E-state index < -0.39 is 17.4 Å². The van der Waals surface area contributed by atoms with E-state index >= 15 is 0 Å². The summed E-state index contributed by atoms with van der Waals surface area (Å²) in [6.45, 7) is 7.51. The Kier molecular flexibility index (Phi) is 8.07. The topological polar surface area (TPSA) is 78.0 Å². The van der Waals surface area contributed by atoms with Gasteiger partial charge in [-0.05, 0) is 49.1 Å². The summed E-state index contributed by atoms with van der Waals surface area (Å²) in [5, 5.41) is 9.43. The molecule has 7 nitrogen and oxygen atoms in total. The highest BCUT2D eigenvalue weighted by Crippen LogP contribution is 2.37. The van der Waals surface area contributed by atoms with E-state index in [1.54, 1.807) is 31.3 Å². The van der Waals surface area contributed by atoms with Crippen LogP contribution in [0.3, 0.4) is 0 Å². The fourth-order valence-electron chi connectivity index (χ4n) is 5.49. The Morgan fingerprint density at radius 3 is 2.29 bits per heavy atom. The molecule has 0 N–H and O–H groups in total. The molecule has 202 valence electrons. The van der Waals surface area contributed by atoms with Crippen molar-refractivity contribution in [1.29, 1.82) is 5.26 Å². The molecule has 0 radical (unpaired) electrons. The van der Waals surface area contributed by atoms with Crippen LogP contribution in [0.25, 0.3) is 11.0 Å². The minimum atomic E-state index is -4.37. The summed E-state index contributed by atoms with van der Waals surface area (Å²) in [5.74, 6) is 0.478. The maximum Gasteiger partial charge on any atom is 0.416 e. The molecule has 3 atom stereocenters.